The monoisotopic (exact) mass is 295 g/mol. The zero-order valence-electron chi connectivity index (χ0n) is 11.1. The third-order valence-corrected chi connectivity index (χ3v) is 3.95. The average Bonchev–Trinajstić information content (AvgIpc) is 2.94. The first-order valence-corrected chi connectivity index (χ1v) is 7.21. The van der Waals surface area contributed by atoms with Gasteiger partial charge in [-0.15, -0.1) is 0 Å². The summed E-state index contributed by atoms with van der Waals surface area (Å²) in [6.07, 6.45) is 4.09. The predicted octanol–water partition coefficient (Wildman–Crippen LogP) is 2.64. The lowest BCUT2D eigenvalue weighted by molar-refractivity contribution is -0.142. The summed E-state index contributed by atoms with van der Waals surface area (Å²) in [7, 11) is 0. The third-order valence-electron chi connectivity index (χ3n) is 3.69. The van der Waals surface area contributed by atoms with Crippen LogP contribution in [0.5, 0.6) is 0 Å². The molecule has 0 spiro atoms. The standard InChI is InChI=1S/C15H18ClNO3/c16-12-7-5-10(6-8-12)9-13(15(19)20)17-14(18)11-3-1-2-4-11/h5-8,11,13H,1-4,9H2,(H,17,18)(H,19,20). The van der Waals surface area contributed by atoms with Gasteiger partial charge in [0.25, 0.3) is 0 Å². The van der Waals surface area contributed by atoms with Crippen molar-refractivity contribution in [3.05, 3.63) is 34.9 Å². The van der Waals surface area contributed by atoms with Crippen LogP contribution in [-0.2, 0) is 16.0 Å². The zero-order valence-corrected chi connectivity index (χ0v) is 11.9. The van der Waals surface area contributed by atoms with Crippen LogP contribution in [0.15, 0.2) is 24.3 Å². The second-order valence-electron chi connectivity index (χ2n) is 5.21. The van der Waals surface area contributed by atoms with Crippen LogP contribution in [0.25, 0.3) is 0 Å². The SMILES string of the molecule is O=C(NC(Cc1ccc(Cl)cc1)C(=O)O)C1CCCC1. The lowest BCUT2D eigenvalue weighted by atomic mass is 10.0. The average molecular weight is 296 g/mol. The molecule has 5 heteroatoms. The molecule has 1 aliphatic carbocycles. The summed E-state index contributed by atoms with van der Waals surface area (Å²) in [5.74, 6) is -1.17. The Morgan fingerprint density at radius 1 is 1.25 bits per heavy atom. The van der Waals surface area contributed by atoms with Crippen LogP contribution in [0.2, 0.25) is 5.02 Å². The van der Waals surface area contributed by atoms with E-state index in [9.17, 15) is 14.7 Å². The van der Waals surface area contributed by atoms with Crippen molar-refractivity contribution < 1.29 is 14.7 Å². The van der Waals surface area contributed by atoms with Crippen molar-refractivity contribution in [3.8, 4) is 0 Å². The van der Waals surface area contributed by atoms with E-state index in [1.165, 1.54) is 0 Å². The molecule has 0 saturated heterocycles. The Kier molecular flexibility index (Phi) is 5.01. The first-order chi connectivity index (χ1) is 9.56. The molecule has 1 saturated carbocycles. The molecule has 1 unspecified atom stereocenters. The van der Waals surface area contributed by atoms with Crippen molar-refractivity contribution in [1.29, 1.82) is 0 Å². The molecule has 4 nitrogen and oxygen atoms in total. The lowest BCUT2D eigenvalue weighted by Gasteiger charge is -2.17. The highest BCUT2D eigenvalue weighted by atomic mass is 35.5. The topological polar surface area (TPSA) is 66.4 Å². The molecule has 0 aromatic heterocycles. The number of amides is 1. The quantitative estimate of drug-likeness (QED) is 0.877. The summed E-state index contributed by atoms with van der Waals surface area (Å²) < 4.78 is 0. The maximum absolute atomic E-state index is 12.0. The molecule has 2 N–H and O–H groups in total. The summed E-state index contributed by atoms with van der Waals surface area (Å²) >= 11 is 5.80. The lowest BCUT2D eigenvalue weighted by Crippen LogP contribution is -2.44. The molecule has 108 valence electrons. The normalized spacial score (nSPS) is 16.9. The number of carboxylic acid groups (broad SMARTS) is 1. The number of carbonyl (C=O) groups excluding carboxylic acids is 1. The van der Waals surface area contributed by atoms with Gasteiger partial charge in [-0.05, 0) is 30.5 Å². The van der Waals surface area contributed by atoms with Gasteiger partial charge in [-0.3, -0.25) is 4.79 Å². The summed E-state index contributed by atoms with van der Waals surface area (Å²) in [5.41, 5.74) is 0.841. The van der Waals surface area contributed by atoms with Crippen LogP contribution < -0.4 is 5.32 Å². The fraction of sp³-hybridized carbons (Fsp3) is 0.467. The minimum absolute atomic E-state index is 0.0259. The first kappa shape index (κ1) is 14.9. The molecule has 0 aliphatic heterocycles. The van der Waals surface area contributed by atoms with E-state index < -0.39 is 12.0 Å². The Labute approximate surface area is 123 Å². The molecular formula is C15H18ClNO3. The summed E-state index contributed by atoms with van der Waals surface area (Å²) in [5, 5.41) is 12.5. The van der Waals surface area contributed by atoms with Gasteiger partial charge in [0.05, 0.1) is 0 Å². The molecule has 1 aromatic rings. The van der Waals surface area contributed by atoms with Gasteiger partial charge >= 0.3 is 5.97 Å². The van der Waals surface area contributed by atoms with Crippen LogP contribution in [0.1, 0.15) is 31.2 Å². The van der Waals surface area contributed by atoms with E-state index in [0.717, 1.165) is 31.2 Å². The van der Waals surface area contributed by atoms with Crippen molar-refractivity contribution in [1.82, 2.24) is 5.32 Å². The maximum Gasteiger partial charge on any atom is 0.326 e. The van der Waals surface area contributed by atoms with Crippen LogP contribution in [-0.4, -0.2) is 23.0 Å². The van der Waals surface area contributed by atoms with Gasteiger partial charge in [0.1, 0.15) is 6.04 Å². The highest BCUT2D eigenvalue weighted by Crippen LogP contribution is 2.24. The van der Waals surface area contributed by atoms with E-state index in [-0.39, 0.29) is 18.2 Å². The van der Waals surface area contributed by atoms with Crippen molar-refractivity contribution in [2.45, 2.75) is 38.1 Å². The van der Waals surface area contributed by atoms with E-state index in [4.69, 9.17) is 11.6 Å². The van der Waals surface area contributed by atoms with Gasteiger partial charge in [0, 0.05) is 17.4 Å². The highest BCUT2D eigenvalue weighted by molar-refractivity contribution is 6.30. The van der Waals surface area contributed by atoms with Crippen LogP contribution in [0.4, 0.5) is 0 Å². The maximum atomic E-state index is 12.0. The van der Waals surface area contributed by atoms with E-state index in [1.54, 1.807) is 24.3 Å². The molecule has 0 bridgehead atoms. The number of rotatable bonds is 5. The van der Waals surface area contributed by atoms with Crippen LogP contribution in [0, 0.1) is 5.92 Å². The molecule has 1 amide bonds. The van der Waals surface area contributed by atoms with Gasteiger partial charge in [0.15, 0.2) is 0 Å². The Morgan fingerprint density at radius 3 is 2.40 bits per heavy atom. The minimum Gasteiger partial charge on any atom is -0.480 e. The fourth-order valence-electron chi connectivity index (χ4n) is 2.53. The summed E-state index contributed by atoms with van der Waals surface area (Å²) in [6, 6.07) is 6.10. The Bertz CT molecular complexity index is 480. The van der Waals surface area contributed by atoms with Gasteiger partial charge in [-0.2, -0.15) is 0 Å². The number of nitrogens with one attached hydrogen (secondary N) is 1. The predicted molar refractivity (Wildman–Crippen MR) is 76.7 cm³/mol. The van der Waals surface area contributed by atoms with Gasteiger partial charge < -0.3 is 10.4 Å². The number of hydrogen-bond acceptors (Lipinski definition) is 2. The number of benzene rings is 1. The summed E-state index contributed by atoms with van der Waals surface area (Å²) in [4.78, 5) is 23.3. The Hall–Kier alpha value is -1.55. The second-order valence-corrected chi connectivity index (χ2v) is 5.65. The van der Waals surface area contributed by atoms with Crippen molar-refractivity contribution in [3.63, 3.8) is 0 Å². The smallest absolute Gasteiger partial charge is 0.326 e. The number of hydrogen-bond donors (Lipinski definition) is 2. The molecule has 0 heterocycles. The van der Waals surface area contributed by atoms with Crippen molar-refractivity contribution >= 4 is 23.5 Å². The number of carboxylic acids is 1. The molecule has 2 rings (SSSR count). The van der Waals surface area contributed by atoms with Gasteiger partial charge in [-0.25, -0.2) is 4.79 Å². The van der Waals surface area contributed by atoms with Gasteiger partial charge in [0.2, 0.25) is 5.91 Å². The van der Waals surface area contributed by atoms with Gasteiger partial charge in [-0.1, -0.05) is 36.6 Å². The number of carbonyl (C=O) groups is 2. The van der Waals surface area contributed by atoms with Crippen LogP contribution >= 0.6 is 11.6 Å². The van der Waals surface area contributed by atoms with E-state index in [2.05, 4.69) is 5.32 Å². The largest absolute Gasteiger partial charge is 0.480 e. The summed E-state index contributed by atoms with van der Waals surface area (Å²) in [6.45, 7) is 0. The molecule has 0 radical (unpaired) electrons. The van der Waals surface area contributed by atoms with Crippen molar-refractivity contribution in [2.75, 3.05) is 0 Å². The van der Waals surface area contributed by atoms with Crippen molar-refractivity contribution in [2.24, 2.45) is 5.92 Å². The van der Waals surface area contributed by atoms with E-state index in [0.29, 0.717) is 5.02 Å². The number of halogens is 1. The molecule has 1 atom stereocenters. The molecule has 1 aromatic carbocycles. The Morgan fingerprint density at radius 2 is 1.85 bits per heavy atom. The second kappa shape index (κ2) is 6.75. The van der Waals surface area contributed by atoms with Crippen LogP contribution in [0.3, 0.4) is 0 Å². The molecule has 1 fully saturated rings. The third kappa shape index (κ3) is 3.97. The van der Waals surface area contributed by atoms with E-state index >= 15 is 0 Å². The molecule has 1 aliphatic rings. The Balaban J connectivity index is 1.98. The molecular weight excluding hydrogens is 278 g/mol. The minimum atomic E-state index is -1.01. The first-order valence-electron chi connectivity index (χ1n) is 6.84. The highest BCUT2D eigenvalue weighted by Gasteiger charge is 2.27. The zero-order chi connectivity index (χ0) is 14.5. The molecule has 20 heavy (non-hydrogen) atoms. The number of aliphatic carboxylic acids is 1. The fourth-order valence-corrected chi connectivity index (χ4v) is 2.66. The van der Waals surface area contributed by atoms with E-state index in [1.807, 2.05) is 0 Å².